The molecular formula is C34H42ClN5O8S. The number of ether oxygens (including phenoxy) is 1. The van der Waals surface area contributed by atoms with Crippen LogP contribution in [0, 0.1) is 5.92 Å². The minimum atomic E-state index is -4.18. The molecule has 15 heteroatoms. The van der Waals surface area contributed by atoms with Crippen LogP contribution in [-0.2, 0) is 34.0 Å². The van der Waals surface area contributed by atoms with Gasteiger partial charge in [-0.15, -0.1) is 0 Å². The Bertz CT molecular complexity index is 1730. The van der Waals surface area contributed by atoms with Gasteiger partial charge in [-0.25, -0.2) is 8.42 Å². The molecule has 2 aromatic carbocycles. The molecule has 5 rings (SSSR count). The molecule has 0 aromatic heterocycles. The molecule has 49 heavy (non-hydrogen) atoms. The standard InChI is InChI=1S/C34H42ClN5O8S/c1-5-7-26(30(41)32(43)36-23-10-11-23)37-31(42)28-18-34(17-27(38-48-34)21-8-6-9-22(35)16-21)19-40(28)33(44)29(20(2)3)39-49(45,46)25-14-12-24(47-4)13-15-25/h6,8-9,12-16,20,23,26,28-29,39H,5,7,10-11,17-19H2,1-4H3,(H,36,43)(H,37,42)/t26-,28-,29-,34+/m0/s1. The van der Waals surface area contributed by atoms with Crippen LogP contribution in [0.25, 0.3) is 0 Å². The van der Waals surface area contributed by atoms with Crippen molar-refractivity contribution in [2.24, 2.45) is 11.1 Å². The van der Waals surface area contributed by atoms with Gasteiger partial charge in [-0.2, -0.15) is 4.72 Å². The normalized spacial score (nSPS) is 21.6. The number of benzene rings is 2. The van der Waals surface area contributed by atoms with Crippen LogP contribution in [0.4, 0.5) is 0 Å². The van der Waals surface area contributed by atoms with Crippen LogP contribution >= 0.6 is 11.6 Å². The van der Waals surface area contributed by atoms with Gasteiger partial charge in [-0.05, 0) is 61.6 Å². The lowest BCUT2D eigenvalue weighted by Crippen LogP contribution is -2.57. The molecule has 1 aliphatic carbocycles. The summed E-state index contributed by atoms with van der Waals surface area (Å²) in [5, 5.41) is 10.2. The van der Waals surface area contributed by atoms with Crippen LogP contribution in [0.3, 0.4) is 0 Å². The number of sulfonamides is 1. The number of hydrogen-bond acceptors (Lipinski definition) is 9. The second-order valence-corrected chi connectivity index (χ2v) is 15.3. The van der Waals surface area contributed by atoms with E-state index in [1.807, 2.05) is 13.0 Å². The molecule has 1 saturated carbocycles. The highest BCUT2D eigenvalue weighted by molar-refractivity contribution is 7.89. The lowest BCUT2D eigenvalue weighted by Gasteiger charge is -2.31. The summed E-state index contributed by atoms with van der Waals surface area (Å²) in [6, 6.07) is 9.23. The van der Waals surface area contributed by atoms with Crippen molar-refractivity contribution in [2.75, 3.05) is 13.7 Å². The topological polar surface area (TPSA) is 173 Å². The summed E-state index contributed by atoms with van der Waals surface area (Å²) in [5.41, 5.74) is 0.185. The molecule has 1 saturated heterocycles. The maximum absolute atomic E-state index is 14.4. The third-order valence-electron chi connectivity index (χ3n) is 8.91. The fourth-order valence-corrected chi connectivity index (χ4v) is 7.59. The van der Waals surface area contributed by atoms with E-state index in [4.69, 9.17) is 21.2 Å². The van der Waals surface area contributed by atoms with E-state index < -0.39 is 63.2 Å². The Morgan fingerprint density at radius 2 is 1.84 bits per heavy atom. The number of carbonyl (C=O) groups is 4. The van der Waals surface area contributed by atoms with Crippen molar-refractivity contribution in [1.29, 1.82) is 0 Å². The summed E-state index contributed by atoms with van der Waals surface area (Å²) in [5.74, 6) is -2.88. The molecule has 0 radical (unpaired) electrons. The van der Waals surface area contributed by atoms with E-state index in [9.17, 15) is 27.6 Å². The second kappa shape index (κ2) is 14.9. The van der Waals surface area contributed by atoms with Gasteiger partial charge in [-0.1, -0.05) is 56.1 Å². The molecule has 3 amide bonds. The van der Waals surface area contributed by atoms with Gasteiger partial charge >= 0.3 is 0 Å². The van der Waals surface area contributed by atoms with Crippen molar-refractivity contribution in [3.63, 3.8) is 0 Å². The fourth-order valence-electron chi connectivity index (χ4n) is 6.06. The van der Waals surface area contributed by atoms with E-state index in [2.05, 4.69) is 20.5 Å². The van der Waals surface area contributed by atoms with E-state index in [-0.39, 0.29) is 36.7 Å². The van der Waals surface area contributed by atoms with Crippen molar-refractivity contribution in [1.82, 2.24) is 20.3 Å². The molecule has 3 aliphatic rings. The van der Waals surface area contributed by atoms with Gasteiger partial charge in [0.2, 0.25) is 27.6 Å². The van der Waals surface area contributed by atoms with Crippen LogP contribution in [-0.4, -0.2) is 86.0 Å². The van der Waals surface area contributed by atoms with Gasteiger partial charge < -0.3 is 25.1 Å². The van der Waals surface area contributed by atoms with Gasteiger partial charge in [0.15, 0.2) is 5.60 Å². The molecule has 1 spiro atoms. The minimum Gasteiger partial charge on any atom is -0.497 e. The number of ketones is 1. The lowest BCUT2D eigenvalue weighted by atomic mass is 9.91. The number of rotatable bonds is 14. The Morgan fingerprint density at radius 1 is 1.12 bits per heavy atom. The molecule has 0 bridgehead atoms. The highest BCUT2D eigenvalue weighted by atomic mass is 35.5. The summed E-state index contributed by atoms with van der Waals surface area (Å²) in [4.78, 5) is 61.4. The number of amides is 3. The molecule has 2 aliphatic heterocycles. The predicted molar refractivity (Wildman–Crippen MR) is 181 cm³/mol. The number of likely N-dealkylation sites (tertiary alicyclic amines) is 1. The Kier molecular flexibility index (Phi) is 11.0. The van der Waals surface area contributed by atoms with Crippen molar-refractivity contribution in [2.45, 2.75) is 94.0 Å². The molecule has 2 heterocycles. The summed E-state index contributed by atoms with van der Waals surface area (Å²) < 4.78 is 34.6. The largest absolute Gasteiger partial charge is 0.497 e. The van der Waals surface area contributed by atoms with Gasteiger partial charge in [-0.3, -0.25) is 19.2 Å². The van der Waals surface area contributed by atoms with Gasteiger partial charge in [0.05, 0.1) is 30.3 Å². The summed E-state index contributed by atoms with van der Waals surface area (Å²) in [6.45, 7) is 5.14. The third-order valence-corrected chi connectivity index (χ3v) is 10.6. The lowest BCUT2D eigenvalue weighted by molar-refractivity contribution is -0.143. The first-order valence-electron chi connectivity index (χ1n) is 16.4. The van der Waals surface area contributed by atoms with Gasteiger partial charge in [0.1, 0.15) is 17.8 Å². The first-order valence-corrected chi connectivity index (χ1v) is 18.2. The van der Waals surface area contributed by atoms with Crippen LogP contribution in [0.1, 0.15) is 64.9 Å². The van der Waals surface area contributed by atoms with Crippen LogP contribution in [0.15, 0.2) is 58.6 Å². The molecule has 2 aromatic rings. The zero-order valence-corrected chi connectivity index (χ0v) is 29.5. The van der Waals surface area contributed by atoms with Crippen LogP contribution in [0.5, 0.6) is 5.75 Å². The summed E-state index contributed by atoms with van der Waals surface area (Å²) in [6.07, 6.45) is 2.56. The third kappa shape index (κ3) is 8.42. The zero-order chi connectivity index (χ0) is 35.5. The molecule has 13 nitrogen and oxygen atoms in total. The maximum Gasteiger partial charge on any atom is 0.289 e. The summed E-state index contributed by atoms with van der Waals surface area (Å²) in [7, 11) is -2.72. The second-order valence-electron chi connectivity index (χ2n) is 13.2. The number of Topliss-reactive ketones (excluding diaryl/α,β-unsaturated/α-hetero) is 1. The van der Waals surface area contributed by atoms with Gasteiger partial charge in [0.25, 0.3) is 5.91 Å². The number of carbonyl (C=O) groups excluding carboxylic acids is 4. The Labute approximate surface area is 291 Å². The maximum atomic E-state index is 14.4. The molecule has 2 fully saturated rings. The monoisotopic (exact) mass is 715 g/mol. The highest BCUT2D eigenvalue weighted by Crippen LogP contribution is 2.40. The van der Waals surface area contributed by atoms with Crippen molar-refractivity contribution in [3.8, 4) is 5.75 Å². The minimum absolute atomic E-state index is 0.00941. The van der Waals surface area contributed by atoms with Crippen LogP contribution < -0.4 is 20.1 Å². The van der Waals surface area contributed by atoms with E-state index in [0.717, 1.165) is 18.4 Å². The first kappa shape index (κ1) is 36.3. The van der Waals surface area contributed by atoms with E-state index in [1.165, 1.54) is 36.3 Å². The van der Waals surface area contributed by atoms with Crippen molar-refractivity contribution < 1.29 is 37.2 Å². The van der Waals surface area contributed by atoms with E-state index in [0.29, 0.717) is 22.9 Å². The van der Waals surface area contributed by atoms with Crippen molar-refractivity contribution >= 4 is 50.8 Å². The molecule has 3 N–H and O–H groups in total. The predicted octanol–water partition coefficient (Wildman–Crippen LogP) is 2.95. The smallest absolute Gasteiger partial charge is 0.289 e. The molecule has 4 atom stereocenters. The molecular weight excluding hydrogens is 674 g/mol. The number of nitrogens with one attached hydrogen (secondary N) is 3. The molecule has 264 valence electrons. The number of methoxy groups -OCH3 is 1. The van der Waals surface area contributed by atoms with Crippen LogP contribution in [0.2, 0.25) is 5.02 Å². The van der Waals surface area contributed by atoms with Crippen molar-refractivity contribution in [3.05, 3.63) is 59.1 Å². The van der Waals surface area contributed by atoms with E-state index >= 15 is 0 Å². The average Bonchev–Trinajstić information content (AvgIpc) is 3.67. The first-order chi connectivity index (χ1) is 23.3. The number of halogens is 1. The van der Waals surface area contributed by atoms with E-state index in [1.54, 1.807) is 32.0 Å². The number of nitrogens with zero attached hydrogens (tertiary/aromatic N) is 2. The van der Waals surface area contributed by atoms with Gasteiger partial charge in [0, 0.05) is 29.5 Å². The SMILES string of the molecule is CCC[C@H](NC(=O)[C@@H]1C[C@]2(CC(c3cccc(Cl)c3)=NO2)CN1C(=O)[C@@H](NS(=O)(=O)c1ccc(OC)cc1)C(C)C)C(=O)C(=O)NC1CC1. The Morgan fingerprint density at radius 3 is 2.45 bits per heavy atom. The number of oxime groups is 1. The number of hydrogen-bond donors (Lipinski definition) is 3. The Hall–Kier alpha value is -4.01. The molecule has 0 unspecified atom stereocenters. The summed E-state index contributed by atoms with van der Waals surface area (Å²) >= 11 is 6.21. The average molecular weight is 716 g/mol. The fraction of sp³-hybridized carbons (Fsp3) is 0.500. The highest BCUT2D eigenvalue weighted by Gasteiger charge is 2.55. The Balaban J connectivity index is 1.42. The zero-order valence-electron chi connectivity index (χ0n) is 27.9. The quantitative estimate of drug-likeness (QED) is 0.251.